The maximum atomic E-state index is 11.6. The number of alkyl carbamates (subject to hydrolysis) is 1. The van der Waals surface area contributed by atoms with E-state index in [0.717, 1.165) is 10.6 Å². The lowest BCUT2D eigenvalue weighted by Gasteiger charge is -2.19. The molecule has 7 nitrogen and oxygen atoms in total. The Hall–Kier alpha value is -2.35. The van der Waals surface area contributed by atoms with E-state index in [1.54, 1.807) is 10.7 Å². The first-order chi connectivity index (χ1) is 11.3. The van der Waals surface area contributed by atoms with Gasteiger partial charge in [-0.15, -0.1) is 11.3 Å². The summed E-state index contributed by atoms with van der Waals surface area (Å²) in [5.41, 5.74) is 0.256. The summed E-state index contributed by atoms with van der Waals surface area (Å²) in [6.45, 7) is 6.38. The molecule has 8 heteroatoms. The van der Waals surface area contributed by atoms with Crippen LogP contribution in [-0.4, -0.2) is 41.1 Å². The predicted molar refractivity (Wildman–Crippen MR) is 91.1 cm³/mol. The normalized spacial score (nSPS) is 11.2. The second-order valence-electron chi connectivity index (χ2n) is 6.05. The largest absolute Gasteiger partial charge is 0.465 e. The molecule has 130 valence electrons. The van der Waals surface area contributed by atoms with Gasteiger partial charge < -0.3 is 14.8 Å². The number of carbonyl (C=O) groups excluding carboxylic acids is 2. The number of ether oxygens (including phenoxy) is 2. The maximum absolute atomic E-state index is 11.6. The Morgan fingerprint density at radius 1 is 1.29 bits per heavy atom. The molecule has 0 radical (unpaired) electrons. The topological polar surface area (TPSA) is 82.5 Å². The first-order valence-electron chi connectivity index (χ1n) is 7.47. The number of hydrogen-bond acceptors (Lipinski definition) is 6. The Morgan fingerprint density at radius 2 is 2.04 bits per heavy atom. The van der Waals surface area contributed by atoms with Crippen LogP contribution in [0.3, 0.4) is 0 Å². The summed E-state index contributed by atoms with van der Waals surface area (Å²) in [7, 11) is 1.36. The van der Waals surface area contributed by atoms with E-state index in [4.69, 9.17) is 9.47 Å². The fraction of sp³-hybridized carbons (Fsp3) is 0.438. The van der Waals surface area contributed by atoms with E-state index in [1.807, 2.05) is 39.1 Å². The van der Waals surface area contributed by atoms with Crippen LogP contribution in [0.5, 0.6) is 0 Å². The summed E-state index contributed by atoms with van der Waals surface area (Å²) in [6.07, 6.45) is 1.37. The van der Waals surface area contributed by atoms with Crippen molar-refractivity contribution >= 4 is 23.4 Å². The second-order valence-corrected chi connectivity index (χ2v) is 7.13. The molecule has 0 saturated heterocycles. The SMILES string of the molecule is COC(=O)c1ccc(-c2ccn(CCNC(=O)OC(C)(C)C)n2)s1. The summed E-state index contributed by atoms with van der Waals surface area (Å²) in [5.74, 6) is -0.354. The molecule has 2 heterocycles. The number of aromatic nitrogens is 2. The molecule has 0 atom stereocenters. The van der Waals surface area contributed by atoms with Gasteiger partial charge in [-0.3, -0.25) is 4.68 Å². The third-order valence-electron chi connectivity index (χ3n) is 2.89. The van der Waals surface area contributed by atoms with Crippen molar-refractivity contribution in [2.75, 3.05) is 13.7 Å². The molecule has 2 aromatic heterocycles. The molecule has 0 saturated carbocycles. The maximum Gasteiger partial charge on any atom is 0.407 e. The van der Waals surface area contributed by atoms with E-state index in [-0.39, 0.29) is 5.97 Å². The van der Waals surface area contributed by atoms with Crippen molar-refractivity contribution in [1.29, 1.82) is 0 Å². The fourth-order valence-electron chi connectivity index (χ4n) is 1.89. The lowest BCUT2D eigenvalue weighted by Crippen LogP contribution is -2.34. The number of nitrogens with one attached hydrogen (secondary N) is 1. The quantitative estimate of drug-likeness (QED) is 0.838. The Balaban J connectivity index is 1.88. The fourth-order valence-corrected chi connectivity index (χ4v) is 2.78. The van der Waals surface area contributed by atoms with Crippen LogP contribution in [0.4, 0.5) is 4.79 Å². The molecule has 2 aromatic rings. The standard InChI is InChI=1S/C16H21N3O4S/c1-16(2,3)23-15(21)17-8-10-19-9-7-11(18-19)12-5-6-13(24-12)14(20)22-4/h5-7,9H,8,10H2,1-4H3,(H,17,21). The molecule has 0 aliphatic rings. The highest BCUT2D eigenvalue weighted by atomic mass is 32.1. The average Bonchev–Trinajstić information content (AvgIpc) is 3.13. The summed E-state index contributed by atoms with van der Waals surface area (Å²) < 4.78 is 11.6. The second kappa shape index (κ2) is 7.48. The van der Waals surface area contributed by atoms with E-state index < -0.39 is 11.7 Å². The molecule has 2 rings (SSSR count). The van der Waals surface area contributed by atoms with E-state index >= 15 is 0 Å². The first kappa shape index (κ1) is 18.0. The smallest absolute Gasteiger partial charge is 0.407 e. The van der Waals surface area contributed by atoms with Crippen LogP contribution in [0.2, 0.25) is 0 Å². The van der Waals surface area contributed by atoms with Crippen molar-refractivity contribution in [3.05, 3.63) is 29.3 Å². The number of thiophene rings is 1. The number of nitrogens with zero attached hydrogens (tertiary/aromatic N) is 2. The van der Waals surface area contributed by atoms with Gasteiger partial charge in [0.05, 0.1) is 18.5 Å². The number of rotatable bonds is 5. The molecule has 0 aliphatic heterocycles. The van der Waals surface area contributed by atoms with Crippen molar-refractivity contribution in [2.45, 2.75) is 32.9 Å². The van der Waals surface area contributed by atoms with Crippen molar-refractivity contribution in [3.8, 4) is 10.6 Å². The van der Waals surface area contributed by atoms with Crippen molar-refractivity contribution in [2.24, 2.45) is 0 Å². The minimum absolute atomic E-state index is 0.354. The van der Waals surface area contributed by atoms with Crippen LogP contribution in [0.15, 0.2) is 24.4 Å². The number of esters is 1. The Bertz CT molecular complexity index is 715. The zero-order valence-electron chi connectivity index (χ0n) is 14.2. The molecule has 0 bridgehead atoms. The van der Waals surface area contributed by atoms with Crippen LogP contribution >= 0.6 is 11.3 Å². The summed E-state index contributed by atoms with van der Waals surface area (Å²) in [5, 5.41) is 7.12. The van der Waals surface area contributed by atoms with Crippen molar-refractivity contribution in [3.63, 3.8) is 0 Å². The zero-order chi connectivity index (χ0) is 17.7. The van der Waals surface area contributed by atoms with Crippen LogP contribution in [-0.2, 0) is 16.0 Å². The van der Waals surface area contributed by atoms with Gasteiger partial charge in [-0.2, -0.15) is 5.10 Å². The minimum atomic E-state index is -0.514. The highest BCUT2D eigenvalue weighted by Crippen LogP contribution is 2.27. The van der Waals surface area contributed by atoms with Gasteiger partial charge in [-0.25, -0.2) is 9.59 Å². The number of methoxy groups -OCH3 is 1. The van der Waals surface area contributed by atoms with Crippen LogP contribution < -0.4 is 5.32 Å². The monoisotopic (exact) mass is 351 g/mol. The molecule has 1 N–H and O–H groups in total. The van der Waals surface area contributed by atoms with Crippen LogP contribution in [0, 0.1) is 0 Å². The first-order valence-corrected chi connectivity index (χ1v) is 8.29. The van der Waals surface area contributed by atoms with E-state index in [0.29, 0.717) is 18.0 Å². The molecule has 0 fully saturated rings. The number of carbonyl (C=O) groups is 2. The molecular formula is C16H21N3O4S. The van der Waals surface area contributed by atoms with Crippen LogP contribution in [0.25, 0.3) is 10.6 Å². The molecule has 0 aliphatic carbocycles. The molecule has 0 aromatic carbocycles. The van der Waals surface area contributed by atoms with Crippen molar-refractivity contribution in [1.82, 2.24) is 15.1 Å². The van der Waals surface area contributed by atoms with Gasteiger partial charge >= 0.3 is 12.1 Å². The van der Waals surface area contributed by atoms with Crippen molar-refractivity contribution < 1.29 is 19.1 Å². The molecule has 0 spiro atoms. The average molecular weight is 351 g/mol. The molecular weight excluding hydrogens is 330 g/mol. The summed E-state index contributed by atoms with van der Waals surface area (Å²) in [6, 6.07) is 5.41. The third-order valence-corrected chi connectivity index (χ3v) is 3.98. The number of amides is 1. The van der Waals surface area contributed by atoms with E-state index in [2.05, 4.69) is 10.4 Å². The summed E-state index contributed by atoms with van der Waals surface area (Å²) in [4.78, 5) is 24.5. The van der Waals surface area contributed by atoms with Crippen LogP contribution in [0.1, 0.15) is 30.4 Å². The van der Waals surface area contributed by atoms with Gasteiger partial charge in [0.15, 0.2) is 0 Å². The third kappa shape index (κ3) is 5.09. The minimum Gasteiger partial charge on any atom is -0.465 e. The zero-order valence-corrected chi connectivity index (χ0v) is 15.0. The Morgan fingerprint density at radius 3 is 2.71 bits per heavy atom. The van der Waals surface area contributed by atoms with Gasteiger partial charge in [0.2, 0.25) is 0 Å². The van der Waals surface area contributed by atoms with Gasteiger partial charge in [0.1, 0.15) is 16.2 Å². The lowest BCUT2D eigenvalue weighted by molar-refractivity contribution is 0.0524. The highest BCUT2D eigenvalue weighted by molar-refractivity contribution is 7.17. The predicted octanol–water partition coefficient (Wildman–Crippen LogP) is 2.92. The molecule has 0 unspecified atom stereocenters. The summed E-state index contributed by atoms with van der Waals surface area (Å²) >= 11 is 1.33. The number of hydrogen-bond donors (Lipinski definition) is 1. The molecule has 24 heavy (non-hydrogen) atoms. The highest BCUT2D eigenvalue weighted by Gasteiger charge is 2.15. The van der Waals surface area contributed by atoms with Gasteiger partial charge in [0, 0.05) is 12.7 Å². The lowest BCUT2D eigenvalue weighted by atomic mass is 10.2. The van der Waals surface area contributed by atoms with E-state index in [9.17, 15) is 9.59 Å². The van der Waals surface area contributed by atoms with E-state index in [1.165, 1.54) is 18.4 Å². The van der Waals surface area contributed by atoms with Gasteiger partial charge in [-0.05, 0) is 39.0 Å². The van der Waals surface area contributed by atoms with Gasteiger partial charge in [-0.1, -0.05) is 0 Å². The van der Waals surface area contributed by atoms with Gasteiger partial charge in [0.25, 0.3) is 0 Å². The Kier molecular flexibility index (Phi) is 5.61. The molecule has 1 amide bonds. The Labute approximate surface area is 144 Å².